The van der Waals surface area contributed by atoms with Crippen molar-refractivity contribution in [3.8, 4) is 22.4 Å². The second-order valence-corrected chi connectivity index (χ2v) is 11.2. The molecule has 1 heterocycles. The number of carbonyl (C=O) groups excluding carboxylic acids is 1. The van der Waals surface area contributed by atoms with Crippen LogP contribution in [0.3, 0.4) is 0 Å². The summed E-state index contributed by atoms with van der Waals surface area (Å²) >= 11 is 0. The van der Waals surface area contributed by atoms with Gasteiger partial charge in [0.1, 0.15) is 0 Å². The van der Waals surface area contributed by atoms with Gasteiger partial charge in [-0.3, -0.25) is 4.79 Å². The first kappa shape index (κ1) is 23.9. The summed E-state index contributed by atoms with van der Waals surface area (Å²) in [6, 6.07) is 35.6. The van der Waals surface area contributed by atoms with Crippen LogP contribution in [0.4, 0.5) is 0 Å². The average Bonchev–Trinajstić information content (AvgIpc) is 3.29. The van der Waals surface area contributed by atoms with Gasteiger partial charge in [0.25, 0.3) is 10.0 Å². The van der Waals surface area contributed by atoms with E-state index in [0.717, 1.165) is 38.4 Å². The van der Waals surface area contributed by atoms with E-state index in [1.807, 2.05) is 97.9 Å². The molecule has 5 aromatic carbocycles. The van der Waals surface area contributed by atoms with Crippen LogP contribution >= 0.6 is 0 Å². The summed E-state index contributed by atoms with van der Waals surface area (Å²) in [6.07, 6.45) is 0. The molecular formula is C33H25NO3S. The molecule has 186 valence electrons. The molecule has 0 bridgehead atoms. The molecule has 0 fully saturated rings. The summed E-state index contributed by atoms with van der Waals surface area (Å²) in [4.78, 5) is 13.2. The molecule has 0 unspecified atom stereocenters. The van der Waals surface area contributed by atoms with Crippen LogP contribution in [0.5, 0.6) is 0 Å². The van der Waals surface area contributed by atoms with Crippen molar-refractivity contribution in [1.29, 1.82) is 0 Å². The molecule has 0 aliphatic heterocycles. The predicted molar refractivity (Wildman–Crippen MR) is 154 cm³/mol. The maximum Gasteiger partial charge on any atom is 0.268 e. The molecule has 0 spiro atoms. The normalized spacial score (nSPS) is 11.7. The first-order chi connectivity index (χ1) is 18.4. The summed E-state index contributed by atoms with van der Waals surface area (Å²) in [5, 5.41) is 2.64. The topological polar surface area (TPSA) is 56.1 Å². The Morgan fingerprint density at radius 3 is 2.00 bits per heavy atom. The van der Waals surface area contributed by atoms with Crippen LogP contribution in [0, 0.1) is 6.92 Å². The van der Waals surface area contributed by atoms with Gasteiger partial charge in [0.2, 0.25) is 0 Å². The van der Waals surface area contributed by atoms with E-state index < -0.39 is 10.0 Å². The standard InChI is InChI=1S/C33H25NO3S/c1-22-16-19-26(20-17-22)38(36,37)34-30-15-9-8-14-29(30)32(33(34)25-11-4-3-5-12-25)31-27(23(2)35)21-18-24-10-6-7-13-28(24)31/h3-21H,1-2H3. The van der Waals surface area contributed by atoms with Crippen LogP contribution < -0.4 is 0 Å². The van der Waals surface area contributed by atoms with Crippen LogP contribution in [-0.2, 0) is 10.0 Å². The molecule has 0 aliphatic carbocycles. The van der Waals surface area contributed by atoms with Gasteiger partial charge in [0.15, 0.2) is 5.78 Å². The lowest BCUT2D eigenvalue weighted by Crippen LogP contribution is -2.14. The second-order valence-electron chi connectivity index (χ2n) is 9.45. The Balaban J connectivity index is 1.85. The molecule has 0 radical (unpaired) electrons. The second kappa shape index (κ2) is 9.12. The van der Waals surface area contributed by atoms with Crippen molar-refractivity contribution < 1.29 is 13.2 Å². The molecule has 5 heteroatoms. The number of Topliss-reactive ketones (excluding diaryl/α,β-unsaturated/α-hetero) is 1. The summed E-state index contributed by atoms with van der Waals surface area (Å²) < 4.78 is 30.2. The van der Waals surface area contributed by atoms with Gasteiger partial charge in [-0.05, 0) is 48.4 Å². The zero-order valence-corrected chi connectivity index (χ0v) is 21.9. The van der Waals surface area contributed by atoms with Crippen LogP contribution in [0.1, 0.15) is 22.8 Å². The number of benzene rings is 5. The first-order valence-corrected chi connectivity index (χ1v) is 13.9. The van der Waals surface area contributed by atoms with Gasteiger partial charge in [-0.25, -0.2) is 12.4 Å². The summed E-state index contributed by atoms with van der Waals surface area (Å²) in [5.41, 5.74) is 4.84. The molecule has 0 saturated carbocycles. The van der Waals surface area contributed by atoms with Crippen molar-refractivity contribution in [3.05, 3.63) is 126 Å². The number of ketones is 1. The van der Waals surface area contributed by atoms with Gasteiger partial charge in [-0.1, -0.05) is 103 Å². The highest BCUT2D eigenvalue weighted by atomic mass is 32.2. The molecule has 4 nitrogen and oxygen atoms in total. The number of carbonyl (C=O) groups is 1. The first-order valence-electron chi connectivity index (χ1n) is 12.4. The molecule has 0 saturated heterocycles. The van der Waals surface area contributed by atoms with Crippen molar-refractivity contribution in [1.82, 2.24) is 3.97 Å². The lowest BCUT2D eigenvalue weighted by atomic mass is 9.89. The smallest absolute Gasteiger partial charge is 0.268 e. The Labute approximate surface area is 221 Å². The molecular weight excluding hydrogens is 490 g/mol. The van der Waals surface area contributed by atoms with Gasteiger partial charge >= 0.3 is 0 Å². The highest BCUT2D eigenvalue weighted by Crippen LogP contribution is 2.46. The third-order valence-corrected chi connectivity index (χ3v) is 8.72. The number of aromatic nitrogens is 1. The third-order valence-electron chi connectivity index (χ3n) is 7.00. The molecule has 38 heavy (non-hydrogen) atoms. The number of hydrogen-bond donors (Lipinski definition) is 0. The maximum atomic E-state index is 14.4. The van der Waals surface area contributed by atoms with E-state index in [-0.39, 0.29) is 10.7 Å². The lowest BCUT2D eigenvalue weighted by Gasteiger charge is -2.16. The van der Waals surface area contributed by atoms with Crippen molar-refractivity contribution in [2.75, 3.05) is 0 Å². The minimum absolute atomic E-state index is 0.0806. The van der Waals surface area contributed by atoms with Crippen molar-refractivity contribution in [2.45, 2.75) is 18.7 Å². The Morgan fingerprint density at radius 1 is 0.658 bits per heavy atom. The van der Waals surface area contributed by atoms with Crippen molar-refractivity contribution in [3.63, 3.8) is 0 Å². The van der Waals surface area contributed by atoms with Gasteiger partial charge in [-0.2, -0.15) is 0 Å². The Morgan fingerprint density at radius 2 is 1.29 bits per heavy atom. The predicted octanol–water partition coefficient (Wildman–Crippen LogP) is 7.88. The zero-order valence-electron chi connectivity index (χ0n) is 21.0. The van der Waals surface area contributed by atoms with E-state index in [1.54, 1.807) is 31.2 Å². The van der Waals surface area contributed by atoms with Crippen LogP contribution in [0.15, 0.2) is 120 Å². The summed E-state index contributed by atoms with van der Waals surface area (Å²) in [7, 11) is -4.00. The van der Waals surface area contributed by atoms with Crippen LogP contribution in [-0.4, -0.2) is 18.2 Å². The van der Waals surface area contributed by atoms with Crippen LogP contribution in [0.25, 0.3) is 44.1 Å². The number of rotatable bonds is 5. The Kier molecular flexibility index (Phi) is 5.73. The molecule has 0 N–H and O–H groups in total. The van der Waals surface area contributed by atoms with Gasteiger partial charge < -0.3 is 0 Å². The van der Waals surface area contributed by atoms with E-state index in [1.165, 1.54) is 3.97 Å². The zero-order chi connectivity index (χ0) is 26.4. The fourth-order valence-electron chi connectivity index (χ4n) is 5.22. The quantitative estimate of drug-likeness (QED) is 0.220. The van der Waals surface area contributed by atoms with Crippen LogP contribution in [0.2, 0.25) is 0 Å². The number of fused-ring (bicyclic) bond motifs is 2. The Bertz CT molecular complexity index is 1950. The maximum absolute atomic E-state index is 14.4. The third kappa shape index (κ3) is 3.75. The molecule has 0 amide bonds. The molecule has 0 atom stereocenters. The molecule has 6 aromatic rings. The number of aryl methyl sites for hydroxylation is 1. The largest absolute Gasteiger partial charge is 0.294 e. The van der Waals surface area contributed by atoms with E-state index in [9.17, 15) is 13.2 Å². The highest BCUT2D eigenvalue weighted by Gasteiger charge is 2.30. The van der Waals surface area contributed by atoms with E-state index in [2.05, 4.69) is 0 Å². The summed E-state index contributed by atoms with van der Waals surface area (Å²) in [5.74, 6) is -0.0806. The fourth-order valence-corrected chi connectivity index (χ4v) is 6.77. The average molecular weight is 516 g/mol. The van der Waals surface area contributed by atoms with Crippen molar-refractivity contribution >= 4 is 37.5 Å². The minimum atomic E-state index is -4.00. The number of nitrogens with zero attached hydrogens (tertiary/aromatic N) is 1. The van der Waals surface area contributed by atoms with E-state index >= 15 is 0 Å². The number of para-hydroxylation sites is 1. The molecule has 1 aromatic heterocycles. The highest BCUT2D eigenvalue weighted by molar-refractivity contribution is 7.90. The Hall–Kier alpha value is -4.48. The van der Waals surface area contributed by atoms with E-state index in [4.69, 9.17) is 0 Å². The lowest BCUT2D eigenvalue weighted by molar-refractivity contribution is 0.101. The van der Waals surface area contributed by atoms with Gasteiger partial charge in [-0.15, -0.1) is 0 Å². The molecule has 6 rings (SSSR count). The monoisotopic (exact) mass is 515 g/mol. The van der Waals surface area contributed by atoms with E-state index in [0.29, 0.717) is 16.8 Å². The summed E-state index contributed by atoms with van der Waals surface area (Å²) in [6.45, 7) is 3.48. The van der Waals surface area contributed by atoms with Gasteiger partial charge in [0, 0.05) is 22.1 Å². The fraction of sp³-hybridized carbons (Fsp3) is 0.0606. The SMILES string of the molecule is CC(=O)c1ccc2ccccc2c1-c1c(-c2ccccc2)n(S(=O)(=O)c2ccc(C)cc2)c2ccccc12. The van der Waals surface area contributed by atoms with Crippen molar-refractivity contribution in [2.24, 2.45) is 0 Å². The molecule has 0 aliphatic rings. The van der Waals surface area contributed by atoms with Gasteiger partial charge in [0.05, 0.1) is 16.1 Å². The number of hydrogen-bond acceptors (Lipinski definition) is 3. The minimum Gasteiger partial charge on any atom is -0.294 e.